The summed E-state index contributed by atoms with van der Waals surface area (Å²) in [7, 11) is -1.55. The van der Waals surface area contributed by atoms with E-state index in [2.05, 4.69) is 30.6 Å². The number of nitrogens with zero attached hydrogens (tertiary/aromatic N) is 5. The summed E-state index contributed by atoms with van der Waals surface area (Å²) < 4.78 is 29.1. The van der Waals surface area contributed by atoms with Crippen molar-refractivity contribution in [1.82, 2.24) is 24.0 Å². The first-order valence-corrected chi connectivity index (χ1v) is 10.1. The van der Waals surface area contributed by atoms with Crippen molar-refractivity contribution >= 4 is 27.1 Å². The van der Waals surface area contributed by atoms with Crippen LogP contribution in [-0.4, -0.2) is 59.9 Å². The van der Waals surface area contributed by atoms with Gasteiger partial charge < -0.3 is 9.88 Å². The lowest BCUT2D eigenvalue weighted by atomic mass is 9.86. The maximum atomic E-state index is 12.5. The Bertz CT molecular complexity index is 945. The Hall–Kier alpha value is -2.22. The summed E-state index contributed by atoms with van der Waals surface area (Å²) in [5, 5.41) is 9.90. The molecule has 0 bridgehead atoms. The van der Waals surface area contributed by atoms with Gasteiger partial charge in [0.25, 0.3) is 10.2 Å². The number of hydrogen-bond donors (Lipinski definition) is 2. The van der Waals surface area contributed by atoms with Crippen LogP contribution in [0, 0.1) is 17.2 Å². The molecule has 0 amide bonds. The number of nitrogens with one attached hydrogen (secondary N) is 2. The number of hydrogen-bond acceptors (Lipinski definition) is 6. The van der Waals surface area contributed by atoms with Crippen molar-refractivity contribution in [3.8, 4) is 6.07 Å². The Morgan fingerprint density at radius 1 is 1.42 bits per heavy atom. The van der Waals surface area contributed by atoms with E-state index in [1.165, 1.54) is 10.6 Å². The third-order valence-corrected chi connectivity index (χ3v) is 6.96. The summed E-state index contributed by atoms with van der Waals surface area (Å²) in [5.41, 5.74) is 0.791. The molecule has 1 saturated carbocycles. The van der Waals surface area contributed by atoms with Crippen molar-refractivity contribution < 1.29 is 8.42 Å². The van der Waals surface area contributed by atoms with Gasteiger partial charge in [-0.15, -0.1) is 0 Å². The molecule has 1 atom stereocenters. The molecule has 138 valence electrons. The third kappa shape index (κ3) is 3.02. The van der Waals surface area contributed by atoms with Gasteiger partial charge in [-0.3, -0.25) is 0 Å². The van der Waals surface area contributed by atoms with Crippen LogP contribution in [0.3, 0.4) is 0 Å². The largest absolute Gasteiger partial charge is 0.356 e. The van der Waals surface area contributed by atoms with E-state index in [1.54, 1.807) is 0 Å². The SMILES string of the molecule is CN(c1ncnc2[nH]ccc12)C1CC(NS(=O)(=O)N2CC[C@H](C#N)C2)C1. The minimum absolute atomic E-state index is 0.0860. The Labute approximate surface area is 152 Å². The van der Waals surface area contributed by atoms with Crippen molar-refractivity contribution in [1.29, 1.82) is 5.26 Å². The Balaban J connectivity index is 1.37. The molecule has 26 heavy (non-hydrogen) atoms. The van der Waals surface area contributed by atoms with Gasteiger partial charge in [0.05, 0.1) is 17.4 Å². The first-order chi connectivity index (χ1) is 12.5. The lowest BCUT2D eigenvalue weighted by Crippen LogP contribution is -2.55. The molecule has 1 saturated heterocycles. The molecule has 2 fully saturated rings. The van der Waals surface area contributed by atoms with Crippen molar-refractivity contribution in [3.63, 3.8) is 0 Å². The van der Waals surface area contributed by atoms with Gasteiger partial charge in [0.2, 0.25) is 0 Å². The third-order valence-electron chi connectivity index (χ3n) is 5.32. The van der Waals surface area contributed by atoms with Gasteiger partial charge in [0.1, 0.15) is 17.8 Å². The summed E-state index contributed by atoms with van der Waals surface area (Å²) in [6.45, 7) is 0.699. The molecule has 2 aromatic rings. The second kappa shape index (κ2) is 6.50. The van der Waals surface area contributed by atoms with Gasteiger partial charge in [-0.25, -0.2) is 9.97 Å². The summed E-state index contributed by atoms with van der Waals surface area (Å²) in [4.78, 5) is 13.7. The summed E-state index contributed by atoms with van der Waals surface area (Å²) in [6, 6.07) is 4.23. The minimum Gasteiger partial charge on any atom is -0.356 e. The highest BCUT2D eigenvalue weighted by Crippen LogP contribution is 2.31. The van der Waals surface area contributed by atoms with Crippen LogP contribution in [0.25, 0.3) is 11.0 Å². The second-order valence-corrected chi connectivity index (χ2v) is 8.67. The van der Waals surface area contributed by atoms with Crippen LogP contribution in [0.2, 0.25) is 0 Å². The topological polar surface area (TPSA) is 118 Å². The zero-order chi connectivity index (χ0) is 18.3. The minimum atomic E-state index is -3.52. The van der Waals surface area contributed by atoms with Gasteiger partial charge in [-0.2, -0.15) is 22.7 Å². The second-order valence-electron chi connectivity index (χ2n) is 6.97. The van der Waals surface area contributed by atoms with E-state index in [4.69, 9.17) is 5.26 Å². The number of anilines is 1. The van der Waals surface area contributed by atoms with E-state index in [1.807, 2.05) is 19.3 Å². The fraction of sp³-hybridized carbons (Fsp3) is 0.562. The van der Waals surface area contributed by atoms with Gasteiger partial charge in [0, 0.05) is 38.4 Å². The average molecular weight is 375 g/mol. The maximum absolute atomic E-state index is 12.5. The predicted octanol–water partition coefficient (Wildman–Crippen LogP) is 0.605. The van der Waals surface area contributed by atoms with Crippen LogP contribution in [0.5, 0.6) is 0 Å². The lowest BCUT2D eigenvalue weighted by Gasteiger charge is -2.42. The first kappa shape index (κ1) is 17.2. The number of rotatable bonds is 5. The van der Waals surface area contributed by atoms with Crippen LogP contribution < -0.4 is 9.62 Å². The van der Waals surface area contributed by atoms with E-state index < -0.39 is 10.2 Å². The van der Waals surface area contributed by atoms with Gasteiger partial charge >= 0.3 is 0 Å². The zero-order valence-electron chi connectivity index (χ0n) is 14.5. The van der Waals surface area contributed by atoms with Crippen LogP contribution >= 0.6 is 0 Å². The maximum Gasteiger partial charge on any atom is 0.279 e. The van der Waals surface area contributed by atoms with E-state index in [9.17, 15) is 8.42 Å². The number of aromatic amines is 1. The molecule has 2 aliphatic rings. The Kier molecular flexibility index (Phi) is 4.30. The normalized spacial score (nSPS) is 26.5. The Morgan fingerprint density at radius 2 is 2.23 bits per heavy atom. The van der Waals surface area contributed by atoms with Crippen molar-refractivity contribution in [2.75, 3.05) is 25.0 Å². The van der Waals surface area contributed by atoms with E-state index >= 15 is 0 Å². The van der Waals surface area contributed by atoms with Crippen molar-refractivity contribution in [3.05, 3.63) is 18.6 Å². The highest BCUT2D eigenvalue weighted by Gasteiger charge is 2.39. The molecule has 2 aromatic heterocycles. The fourth-order valence-corrected chi connectivity index (χ4v) is 5.13. The zero-order valence-corrected chi connectivity index (χ0v) is 15.3. The number of fused-ring (bicyclic) bond motifs is 1. The van der Waals surface area contributed by atoms with Gasteiger partial charge in [-0.1, -0.05) is 0 Å². The standard InChI is InChI=1S/C16H21N7O2S/c1-22(16-14-2-4-18-15(14)19-10-20-16)13-6-12(7-13)21-26(24,25)23-5-3-11(8-17)9-23/h2,4,10-13,21H,3,5-7,9H2,1H3,(H,18,19,20)/t11-,12?,13?/m1/s1. The summed E-state index contributed by atoms with van der Waals surface area (Å²) in [5.74, 6) is 0.646. The first-order valence-electron chi connectivity index (χ1n) is 8.66. The molecule has 0 unspecified atom stereocenters. The van der Waals surface area contributed by atoms with Crippen molar-refractivity contribution in [2.24, 2.45) is 5.92 Å². The lowest BCUT2D eigenvalue weighted by molar-refractivity contribution is 0.309. The fourth-order valence-electron chi connectivity index (χ4n) is 3.65. The predicted molar refractivity (Wildman–Crippen MR) is 96.5 cm³/mol. The molecule has 2 N–H and O–H groups in total. The van der Waals surface area contributed by atoms with E-state index in [-0.39, 0.29) is 24.5 Å². The van der Waals surface area contributed by atoms with E-state index in [0.717, 1.165) is 29.7 Å². The highest BCUT2D eigenvalue weighted by molar-refractivity contribution is 7.87. The molecule has 0 aromatic carbocycles. The van der Waals surface area contributed by atoms with Gasteiger partial charge in [-0.05, 0) is 25.3 Å². The molecule has 1 aliphatic heterocycles. The quantitative estimate of drug-likeness (QED) is 0.790. The average Bonchev–Trinajstić information content (AvgIpc) is 3.25. The Morgan fingerprint density at radius 3 is 2.96 bits per heavy atom. The molecule has 0 spiro atoms. The molecule has 10 heteroatoms. The van der Waals surface area contributed by atoms with Crippen LogP contribution in [-0.2, 0) is 10.2 Å². The van der Waals surface area contributed by atoms with Crippen LogP contribution in [0.1, 0.15) is 19.3 Å². The van der Waals surface area contributed by atoms with E-state index in [0.29, 0.717) is 13.0 Å². The summed E-state index contributed by atoms with van der Waals surface area (Å²) >= 11 is 0. The number of H-pyrrole nitrogens is 1. The van der Waals surface area contributed by atoms with Crippen molar-refractivity contribution in [2.45, 2.75) is 31.3 Å². The number of nitriles is 1. The molecule has 0 radical (unpaired) electrons. The highest BCUT2D eigenvalue weighted by atomic mass is 32.2. The van der Waals surface area contributed by atoms with Crippen LogP contribution in [0.15, 0.2) is 18.6 Å². The monoisotopic (exact) mass is 375 g/mol. The molecular weight excluding hydrogens is 354 g/mol. The molecule has 3 heterocycles. The van der Waals surface area contributed by atoms with Gasteiger partial charge in [0.15, 0.2) is 0 Å². The molecule has 9 nitrogen and oxygen atoms in total. The smallest absolute Gasteiger partial charge is 0.279 e. The number of aromatic nitrogens is 3. The summed E-state index contributed by atoms with van der Waals surface area (Å²) in [6.07, 6.45) is 5.41. The molecular formula is C16H21N7O2S. The molecule has 4 rings (SSSR count). The molecule has 1 aliphatic carbocycles. The van der Waals surface area contributed by atoms with Crippen LogP contribution in [0.4, 0.5) is 5.82 Å².